The molecule has 6 rings (SSSR count). The van der Waals surface area contributed by atoms with E-state index in [0.29, 0.717) is 12.5 Å². The SMILES string of the molecule is O=C(O[C@H]1C[N+]2(CC3CCC3)CCC1CC2)N(Cc1cccc(F)c1)c1cccs1. The van der Waals surface area contributed by atoms with Gasteiger partial charge in [0.15, 0.2) is 6.10 Å². The van der Waals surface area contributed by atoms with E-state index in [1.54, 1.807) is 11.0 Å². The van der Waals surface area contributed by atoms with Gasteiger partial charge in [-0.3, -0.25) is 4.90 Å². The fourth-order valence-electron chi connectivity index (χ4n) is 5.50. The van der Waals surface area contributed by atoms with Crippen LogP contribution in [-0.4, -0.2) is 42.9 Å². The summed E-state index contributed by atoms with van der Waals surface area (Å²) in [6.07, 6.45) is 6.13. The maximum atomic E-state index is 13.7. The number of hydrogen-bond acceptors (Lipinski definition) is 3. The molecule has 4 aliphatic rings. The quantitative estimate of drug-likeness (QED) is 0.572. The Morgan fingerprint density at radius 1 is 1.17 bits per heavy atom. The van der Waals surface area contributed by atoms with Crippen molar-refractivity contribution in [2.24, 2.45) is 11.8 Å². The Morgan fingerprint density at radius 2 is 2.00 bits per heavy atom. The first-order chi connectivity index (χ1) is 14.6. The maximum absolute atomic E-state index is 13.7. The summed E-state index contributed by atoms with van der Waals surface area (Å²) < 4.78 is 21.0. The van der Waals surface area contributed by atoms with Gasteiger partial charge in [0.25, 0.3) is 0 Å². The maximum Gasteiger partial charge on any atom is 0.415 e. The van der Waals surface area contributed by atoms with Gasteiger partial charge in [0.1, 0.15) is 17.4 Å². The number of ether oxygens (including phenoxy) is 1. The Labute approximate surface area is 181 Å². The van der Waals surface area contributed by atoms with E-state index in [4.69, 9.17) is 4.74 Å². The molecule has 0 radical (unpaired) electrons. The van der Waals surface area contributed by atoms with Crippen LogP contribution in [0.15, 0.2) is 41.8 Å². The van der Waals surface area contributed by atoms with Crippen LogP contribution in [-0.2, 0) is 11.3 Å². The molecule has 0 spiro atoms. The fraction of sp³-hybridized carbons (Fsp3) is 0.542. The number of amides is 1. The van der Waals surface area contributed by atoms with Gasteiger partial charge in [-0.05, 0) is 48.1 Å². The predicted octanol–water partition coefficient (Wildman–Crippen LogP) is 5.44. The lowest BCUT2D eigenvalue weighted by atomic mass is 9.79. The third-order valence-corrected chi connectivity index (χ3v) is 8.28. The van der Waals surface area contributed by atoms with Crippen LogP contribution in [0.4, 0.5) is 14.2 Å². The van der Waals surface area contributed by atoms with E-state index in [0.717, 1.165) is 40.4 Å². The smallest absolute Gasteiger partial charge is 0.415 e. The Morgan fingerprint density at radius 3 is 2.67 bits per heavy atom. The van der Waals surface area contributed by atoms with E-state index in [2.05, 4.69) is 0 Å². The van der Waals surface area contributed by atoms with Gasteiger partial charge in [-0.2, -0.15) is 0 Å². The van der Waals surface area contributed by atoms with E-state index in [-0.39, 0.29) is 18.0 Å². The van der Waals surface area contributed by atoms with Gasteiger partial charge in [-0.15, -0.1) is 11.3 Å². The molecule has 1 atom stereocenters. The Hall–Kier alpha value is -1.92. The number of carbonyl (C=O) groups excluding carboxylic acids is 1. The minimum Gasteiger partial charge on any atom is -0.439 e. The molecule has 0 N–H and O–H groups in total. The summed E-state index contributed by atoms with van der Waals surface area (Å²) in [6.45, 7) is 5.03. The third-order valence-electron chi connectivity index (χ3n) is 7.39. The number of benzene rings is 1. The van der Waals surface area contributed by atoms with E-state index < -0.39 is 0 Å². The fourth-order valence-corrected chi connectivity index (χ4v) is 6.22. The molecule has 3 saturated heterocycles. The van der Waals surface area contributed by atoms with Crippen LogP contribution in [0.2, 0.25) is 0 Å². The van der Waals surface area contributed by atoms with Crippen molar-refractivity contribution in [3.05, 3.63) is 53.2 Å². The summed E-state index contributed by atoms with van der Waals surface area (Å²) in [7, 11) is 0. The second-order valence-corrected chi connectivity index (χ2v) is 10.3. The van der Waals surface area contributed by atoms with Gasteiger partial charge < -0.3 is 9.22 Å². The van der Waals surface area contributed by atoms with Gasteiger partial charge in [0.2, 0.25) is 0 Å². The molecule has 1 aromatic heterocycles. The van der Waals surface area contributed by atoms with Crippen LogP contribution in [0, 0.1) is 17.7 Å². The van der Waals surface area contributed by atoms with Gasteiger partial charge in [0, 0.05) is 24.7 Å². The average Bonchev–Trinajstić information content (AvgIpc) is 3.24. The van der Waals surface area contributed by atoms with Crippen molar-refractivity contribution in [2.45, 2.75) is 44.8 Å². The molecule has 4 nitrogen and oxygen atoms in total. The molecule has 4 fully saturated rings. The highest BCUT2D eigenvalue weighted by atomic mass is 32.1. The normalized spacial score (nSPS) is 28.2. The number of fused-ring (bicyclic) bond motifs is 3. The van der Waals surface area contributed by atoms with Crippen molar-refractivity contribution < 1.29 is 18.4 Å². The Bertz CT molecular complexity index is 875. The molecule has 3 aliphatic heterocycles. The molecule has 6 heteroatoms. The second kappa shape index (κ2) is 8.31. The van der Waals surface area contributed by atoms with Gasteiger partial charge >= 0.3 is 6.09 Å². The van der Waals surface area contributed by atoms with Crippen molar-refractivity contribution >= 4 is 22.4 Å². The zero-order chi connectivity index (χ0) is 20.6. The zero-order valence-corrected chi connectivity index (χ0v) is 18.2. The summed E-state index contributed by atoms with van der Waals surface area (Å²) in [5, 5.41) is 2.79. The summed E-state index contributed by atoms with van der Waals surface area (Å²) in [5.41, 5.74) is 0.766. The molecule has 1 saturated carbocycles. The minimum atomic E-state index is -0.303. The number of anilines is 1. The summed E-state index contributed by atoms with van der Waals surface area (Å²) in [4.78, 5) is 14.9. The molecule has 0 unspecified atom stereocenters. The molecule has 4 heterocycles. The van der Waals surface area contributed by atoms with Crippen molar-refractivity contribution in [3.8, 4) is 0 Å². The molecule has 30 heavy (non-hydrogen) atoms. The molecule has 2 aromatic rings. The lowest BCUT2D eigenvalue weighted by Crippen LogP contribution is -2.66. The summed E-state index contributed by atoms with van der Waals surface area (Å²) in [6, 6.07) is 10.3. The highest BCUT2D eigenvalue weighted by Crippen LogP contribution is 2.39. The van der Waals surface area contributed by atoms with Crippen LogP contribution < -0.4 is 4.90 Å². The molecular formula is C24H30FN2O2S+. The van der Waals surface area contributed by atoms with Crippen molar-refractivity contribution in [3.63, 3.8) is 0 Å². The van der Waals surface area contributed by atoms with E-state index in [1.165, 1.54) is 62.4 Å². The first-order valence-corrected chi connectivity index (χ1v) is 12.1. The number of thiophene rings is 1. The van der Waals surface area contributed by atoms with Gasteiger partial charge in [-0.25, -0.2) is 9.18 Å². The molecule has 1 aromatic carbocycles. The third kappa shape index (κ3) is 4.12. The topological polar surface area (TPSA) is 29.5 Å². The van der Waals surface area contributed by atoms with Crippen molar-refractivity contribution in [1.29, 1.82) is 0 Å². The first kappa shape index (κ1) is 20.0. The highest BCUT2D eigenvalue weighted by Gasteiger charge is 2.49. The van der Waals surface area contributed by atoms with Crippen LogP contribution in [0.1, 0.15) is 37.7 Å². The van der Waals surface area contributed by atoms with Crippen molar-refractivity contribution in [2.75, 3.05) is 31.1 Å². The summed E-state index contributed by atoms with van der Waals surface area (Å²) in [5.74, 6) is 1.06. The number of quaternary nitrogens is 1. The number of carbonyl (C=O) groups is 1. The number of piperidine rings is 3. The standard InChI is InChI=1S/C24H30FN2O2S/c25-21-7-2-6-19(14-21)15-26(23-8-3-13-30-23)24(28)29-22-17-27(16-18-4-1-5-18)11-9-20(22)10-12-27/h2-3,6-8,13-14,18,20,22H,1,4-5,9-12,15-17H2/q+1/t20?,22-,27?/m0/s1. The lowest BCUT2D eigenvalue weighted by molar-refractivity contribution is -0.949. The zero-order valence-electron chi connectivity index (χ0n) is 17.3. The number of hydrogen-bond donors (Lipinski definition) is 0. The predicted molar refractivity (Wildman–Crippen MR) is 117 cm³/mol. The van der Waals surface area contributed by atoms with Crippen LogP contribution in [0.3, 0.4) is 0 Å². The van der Waals surface area contributed by atoms with Gasteiger partial charge in [-0.1, -0.05) is 18.6 Å². The lowest BCUT2D eigenvalue weighted by Gasteiger charge is -2.54. The van der Waals surface area contributed by atoms with Gasteiger partial charge in [0.05, 0.1) is 26.2 Å². The molecule has 2 bridgehead atoms. The van der Waals surface area contributed by atoms with Crippen LogP contribution >= 0.6 is 11.3 Å². The molecule has 1 aliphatic carbocycles. The van der Waals surface area contributed by atoms with E-state index >= 15 is 0 Å². The largest absolute Gasteiger partial charge is 0.439 e. The van der Waals surface area contributed by atoms with Crippen molar-refractivity contribution in [1.82, 2.24) is 0 Å². The molecule has 160 valence electrons. The number of nitrogens with zero attached hydrogens (tertiary/aromatic N) is 2. The number of halogens is 1. The Balaban J connectivity index is 1.30. The number of rotatable bonds is 6. The monoisotopic (exact) mass is 429 g/mol. The molecule has 1 amide bonds. The van der Waals surface area contributed by atoms with E-state index in [9.17, 15) is 9.18 Å². The Kier molecular flexibility index (Phi) is 5.54. The van der Waals surface area contributed by atoms with Crippen LogP contribution in [0.5, 0.6) is 0 Å². The molecular weight excluding hydrogens is 399 g/mol. The summed E-state index contributed by atoms with van der Waals surface area (Å²) >= 11 is 1.51. The first-order valence-electron chi connectivity index (χ1n) is 11.2. The minimum absolute atomic E-state index is 0.00458. The average molecular weight is 430 g/mol. The van der Waals surface area contributed by atoms with Crippen LogP contribution in [0.25, 0.3) is 0 Å². The second-order valence-electron chi connectivity index (χ2n) is 9.38. The van der Waals surface area contributed by atoms with E-state index in [1.807, 2.05) is 23.6 Å². The highest BCUT2D eigenvalue weighted by molar-refractivity contribution is 7.14.